The Bertz CT molecular complexity index is 625. The van der Waals surface area contributed by atoms with Crippen molar-refractivity contribution in [2.45, 2.75) is 23.9 Å². The first-order valence-corrected chi connectivity index (χ1v) is 7.68. The van der Waals surface area contributed by atoms with Crippen molar-refractivity contribution in [3.8, 4) is 0 Å². The van der Waals surface area contributed by atoms with Gasteiger partial charge in [-0.25, -0.2) is 4.98 Å². The standard InChI is InChI=1S/C14H16N4OS/c1-20-10-4-2-3-9(5-10)18-14(19)12-6-11-13(7-15-12)17-8-16-11/h2-5,8,12,15H,6-7H2,1H3,(H,16,17)(H,18,19). The van der Waals surface area contributed by atoms with Crippen molar-refractivity contribution in [3.05, 3.63) is 42.0 Å². The maximum absolute atomic E-state index is 12.3. The molecule has 20 heavy (non-hydrogen) atoms. The predicted octanol–water partition coefficient (Wildman–Crippen LogP) is 1.78. The van der Waals surface area contributed by atoms with Gasteiger partial charge in [-0.15, -0.1) is 11.8 Å². The number of aromatic nitrogens is 2. The zero-order valence-electron chi connectivity index (χ0n) is 11.1. The first-order chi connectivity index (χ1) is 9.76. The van der Waals surface area contributed by atoms with Crippen LogP contribution in [0, 0.1) is 0 Å². The van der Waals surface area contributed by atoms with E-state index in [4.69, 9.17) is 0 Å². The SMILES string of the molecule is CSc1cccc(NC(=O)C2Cc3nc[nH]c3CN2)c1. The van der Waals surface area contributed by atoms with Crippen LogP contribution in [-0.2, 0) is 17.8 Å². The first-order valence-electron chi connectivity index (χ1n) is 6.45. The molecule has 0 spiro atoms. The van der Waals surface area contributed by atoms with Gasteiger partial charge in [0.2, 0.25) is 5.91 Å². The fourth-order valence-corrected chi connectivity index (χ4v) is 2.74. The van der Waals surface area contributed by atoms with Gasteiger partial charge in [-0.05, 0) is 24.5 Å². The Morgan fingerprint density at radius 1 is 1.50 bits per heavy atom. The minimum absolute atomic E-state index is 0.0168. The highest BCUT2D eigenvalue weighted by molar-refractivity contribution is 7.98. The number of rotatable bonds is 3. The molecular weight excluding hydrogens is 272 g/mol. The normalized spacial score (nSPS) is 17.6. The number of fused-ring (bicyclic) bond motifs is 1. The van der Waals surface area contributed by atoms with Crippen molar-refractivity contribution in [1.82, 2.24) is 15.3 Å². The molecule has 6 heteroatoms. The molecule has 3 N–H and O–H groups in total. The van der Waals surface area contributed by atoms with Crippen LogP contribution in [0.2, 0.25) is 0 Å². The summed E-state index contributed by atoms with van der Waals surface area (Å²) in [5.41, 5.74) is 2.87. The Balaban J connectivity index is 1.68. The highest BCUT2D eigenvalue weighted by Gasteiger charge is 2.25. The summed E-state index contributed by atoms with van der Waals surface area (Å²) in [5, 5.41) is 6.18. The first kappa shape index (κ1) is 13.2. The fraction of sp³-hybridized carbons (Fsp3) is 0.286. The van der Waals surface area contributed by atoms with Crippen LogP contribution in [0.3, 0.4) is 0 Å². The number of hydrogen-bond donors (Lipinski definition) is 3. The number of anilines is 1. The number of aromatic amines is 1. The second-order valence-electron chi connectivity index (χ2n) is 4.69. The summed E-state index contributed by atoms with van der Waals surface area (Å²) >= 11 is 1.66. The minimum atomic E-state index is -0.233. The third kappa shape index (κ3) is 2.71. The molecule has 2 heterocycles. The molecule has 0 radical (unpaired) electrons. The van der Waals surface area contributed by atoms with Gasteiger partial charge < -0.3 is 10.3 Å². The quantitative estimate of drug-likeness (QED) is 0.753. The number of benzene rings is 1. The molecular formula is C14H16N4OS. The summed E-state index contributed by atoms with van der Waals surface area (Å²) in [5.74, 6) is -0.0168. The highest BCUT2D eigenvalue weighted by atomic mass is 32.2. The molecule has 1 amide bonds. The van der Waals surface area contributed by atoms with Crippen LogP contribution < -0.4 is 10.6 Å². The zero-order valence-corrected chi connectivity index (χ0v) is 12.0. The van der Waals surface area contributed by atoms with Crippen LogP contribution in [0.5, 0.6) is 0 Å². The van der Waals surface area contributed by atoms with Gasteiger partial charge in [0.1, 0.15) is 0 Å². The van der Waals surface area contributed by atoms with E-state index in [0.29, 0.717) is 13.0 Å². The lowest BCUT2D eigenvalue weighted by atomic mass is 10.0. The number of thioether (sulfide) groups is 1. The van der Waals surface area contributed by atoms with Gasteiger partial charge in [0.25, 0.3) is 0 Å². The van der Waals surface area contributed by atoms with Crippen LogP contribution in [0.1, 0.15) is 11.4 Å². The topological polar surface area (TPSA) is 69.8 Å². The molecule has 0 fully saturated rings. The van der Waals surface area contributed by atoms with E-state index in [2.05, 4.69) is 20.6 Å². The van der Waals surface area contributed by atoms with Crippen molar-refractivity contribution >= 4 is 23.4 Å². The third-order valence-electron chi connectivity index (χ3n) is 3.38. The van der Waals surface area contributed by atoms with Gasteiger partial charge in [-0.3, -0.25) is 10.1 Å². The van der Waals surface area contributed by atoms with Gasteiger partial charge in [0.05, 0.1) is 23.8 Å². The summed E-state index contributed by atoms with van der Waals surface area (Å²) in [7, 11) is 0. The molecule has 0 aliphatic carbocycles. The van der Waals surface area contributed by atoms with E-state index in [9.17, 15) is 4.79 Å². The maximum atomic E-state index is 12.3. The van der Waals surface area contributed by atoms with Gasteiger partial charge >= 0.3 is 0 Å². The average molecular weight is 288 g/mol. The fourth-order valence-electron chi connectivity index (χ4n) is 2.28. The number of imidazole rings is 1. The summed E-state index contributed by atoms with van der Waals surface area (Å²) in [4.78, 5) is 20.7. The van der Waals surface area contributed by atoms with E-state index in [1.807, 2.05) is 30.5 Å². The molecule has 1 atom stereocenters. The number of nitrogens with one attached hydrogen (secondary N) is 3. The zero-order chi connectivity index (χ0) is 13.9. The monoisotopic (exact) mass is 288 g/mol. The molecule has 2 aromatic rings. The molecule has 104 valence electrons. The van der Waals surface area contributed by atoms with Crippen molar-refractivity contribution in [1.29, 1.82) is 0 Å². The second kappa shape index (κ2) is 5.68. The number of H-pyrrole nitrogens is 1. The van der Waals surface area contributed by atoms with Gasteiger partial charge in [-0.2, -0.15) is 0 Å². The number of carbonyl (C=O) groups excluding carboxylic acids is 1. The van der Waals surface area contributed by atoms with Crippen LogP contribution in [0.25, 0.3) is 0 Å². The van der Waals surface area contributed by atoms with Crippen molar-refractivity contribution < 1.29 is 4.79 Å². The smallest absolute Gasteiger partial charge is 0.241 e. The lowest BCUT2D eigenvalue weighted by Gasteiger charge is -2.22. The molecule has 1 aliphatic heterocycles. The maximum Gasteiger partial charge on any atom is 0.241 e. The Kier molecular flexibility index (Phi) is 3.75. The average Bonchev–Trinajstić information content (AvgIpc) is 2.94. The van der Waals surface area contributed by atoms with Crippen LogP contribution in [0.15, 0.2) is 35.5 Å². The number of amides is 1. The van der Waals surface area contributed by atoms with Gasteiger partial charge in [-0.1, -0.05) is 6.07 Å². The molecule has 3 rings (SSSR count). The Morgan fingerprint density at radius 2 is 2.40 bits per heavy atom. The molecule has 0 saturated carbocycles. The van der Waals surface area contributed by atoms with E-state index in [1.165, 1.54) is 0 Å². The van der Waals surface area contributed by atoms with E-state index in [-0.39, 0.29) is 11.9 Å². The summed E-state index contributed by atoms with van der Waals surface area (Å²) < 4.78 is 0. The highest BCUT2D eigenvalue weighted by Crippen LogP contribution is 2.20. The number of nitrogens with zero attached hydrogens (tertiary/aromatic N) is 1. The Morgan fingerprint density at radius 3 is 3.25 bits per heavy atom. The molecule has 1 aliphatic rings. The van der Waals surface area contributed by atoms with E-state index < -0.39 is 0 Å². The van der Waals surface area contributed by atoms with Gasteiger partial charge in [0, 0.05) is 23.5 Å². The van der Waals surface area contributed by atoms with Crippen molar-refractivity contribution in [3.63, 3.8) is 0 Å². The van der Waals surface area contributed by atoms with Crippen LogP contribution in [-0.4, -0.2) is 28.2 Å². The molecule has 5 nitrogen and oxygen atoms in total. The second-order valence-corrected chi connectivity index (χ2v) is 5.57. The molecule has 1 aromatic carbocycles. The third-order valence-corrected chi connectivity index (χ3v) is 4.11. The van der Waals surface area contributed by atoms with Crippen molar-refractivity contribution in [2.75, 3.05) is 11.6 Å². The summed E-state index contributed by atoms with van der Waals surface area (Å²) in [6.07, 6.45) is 4.31. The van der Waals surface area contributed by atoms with E-state index in [1.54, 1.807) is 18.1 Å². The molecule has 1 aromatic heterocycles. The summed E-state index contributed by atoms with van der Waals surface area (Å²) in [6.45, 7) is 0.651. The van der Waals surface area contributed by atoms with Crippen molar-refractivity contribution in [2.24, 2.45) is 0 Å². The van der Waals surface area contributed by atoms with Gasteiger partial charge in [0.15, 0.2) is 0 Å². The number of carbonyl (C=O) groups is 1. The molecule has 0 bridgehead atoms. The van der Waals surface area contributed by atoms with E-state index in [0.717, 1.165) is 22.0 Å². The minimum Gasteiger partial charge on any atom is -0.347 e. The van der Waals surface area contributed by atoms with Crippen LogP contribution >= 0.6 is 11.8 Å². The predicted molar refractivity (Wildman–Crippen MR) is 79.8 cm³/mol. The number of hydrogen-bond acceptors (Lipinski definition) is 4. The van der Waals surface area contributed by atoms with Crippen LogP contribution in [0.4, 0.5) is 5.69 Å². The largest absolute Gasteiger partial charge is 0.347 e. The molecule has 0 saturated heterocycles. The lowest BCUT2D eigenvalue weighted by molar-refractivity contribution is -0.118. The Labute approximate surface area is 121 Å². The molecule has 1 unspecified atom stereocenters. The summed E-state index contributed by atoms with van der Waals surface area (Å²) in [6, 6.07) is 7.62. The van der Waals surface area contributed by atoms with E-state index >= 15 is 0 Å². The Hall–Kier alpha value is -1.79. The lowest BCUT2D eigenvalue weighted by Crippen LogP contribution is -2.44.